The molecule has 8 heteroatoms. The molecule has 1 saturated heterocycles. The van der Waals surface area contributed by atoms with Gasteiger partial charge in [0, 0.05) is 38.5 Å². The first-order valence-electron chi connectivity index (χ1n) is 15.0. The Morgan fingerprint density at radius 2 is 1.59 bits per heavy atom. The minimum atomic E-state index is -0.279. The van der Waals surface area contributed by atoms with Crippen LogP contribution < -0.4 is 4.90 Å². The zero-order chi connectivity index (χ0) is 27.8. The molecule has 0 unspecified atom stereocenters. The van der Waals surface area contributed by atoms with Gasteiger partial charge in [-0.2, -0.15) is 5.10 Å². The topological polar surface area (TPSA) is 67.2 Å². The molecule has 1 amide bonds. The Labute approximate surface area is 232 Å². The molecule has 0 bridgehead atoms. The molecular formula is C31H45FN6O. The summed E-state index contributed by atoms with van der Waals surface area (Å²) in [6.07, 6.45) is 11.2. The van der Waals surface area contributed by atoms with E-state index in [1.807, 2.05) is 11.8 Å². The van der Waals surface area contributed by atoms with E-state index in [2.05, 4.69) is 25.7 Å². The van der Waals surface area contributed by atoms with Crippen LogP contribution in [0.25, 0.3) is 16.7 Å². The predicted octanol–water partition coefficient (Wildman–Crippen LogP) is 6.96. The van der Waals surface area contributed by atoms with E-state index in [1.54, 1.807) is 16.8 Å². The van der Waals surface area contributed by atoms with Crippen molar-refractivity contribution in [1.29, 1.82) is 0 Å². The fraction of sp³-hybridized carbons (Fsp3) is 0.613. The zero-order valence-electron chi connectivity index (χ0n) is 24.3. The third-order valence-electron chi connectivity index (χ3n) is 7.86. The average molecular weight is 537 g/mol. The summed E-state index contributed by atoms with van der Waals surface area (Å²) in [4.78, 5) is 27.3. The molecule has 3 heterocycles. The largest absolute Gasteiger partial charge is 0.352 e. The second-order valence-electron chi connectivity index (χ2n) is 11.0. The van der Waals surface area contributed by atoms with Crippen molar-refractivity contribution < 1.29 is 9.18 Å². The highest BCUT2D eigenvalue weighted by Crippen LogP contribution is 2.32. The quantitative estimate of drug-likeness (QED) is 0.221. The van der Waals surface area contributed by atoms with Gasteiger partial charge in [0.25, 0.3) is 0 Å². The lowest BCUT2D eigenvalue weighted by molar-refractivity contribution is -0.131. The molecule has 1 fully saturated rings. The van der Waals surface area contributed by atoms with Gasteiger partial charge in [-0.15, -0.1) is 0 Å². The molecule has 1 aliphatic rings. The van der Waals surface area contributed by atoms with Crippen LogP contribution in [0.5, 0.6) is 0 Å². The van der Waals surface area contributed by atoms with Gasteiger partial charge in [0.05, 0.1) is 16.8 Å². The summed E-state index contributed by atoms with van der Waals surface area (Å²) in [5.74, 6) is 1.90. The number of halogens is 1. The Morgan fingerprint density at radius 1 is 0.923 bits per heavy atom. The highest BCUT2D eigenvalue weighted by atomic mass is 19.1. The lowest BCUT2D eigenvalue weighted by atomic mass is 10.1. The number of rotatable bonds is 13. The van der Waals surface area contributed by atoms with Crippen LogP contribution >= 0.6 is 0 Å². The van der Waals surface area contributed by atoms with Crippen LogP contribution in [0.15, 0.2) is 24.3 Å². The fourth-order valence-electron chi connectivity index (χ4n) is 5.51. The molecule has 39 heavy (non-hydrogen) atoms. The van der Waals surface area contributed by atoms with Crippen LogP contribution in [0, 0.1) is 12.7 Å². The van der Waals surface area contributed by atoms with E-state index in [1.165, 1.54) is 44.2 Å². The predicted molar refractivity (Wildman–Crippen MR) is 156 cm³/mol. The first-order valence-corrected chi connectivity index (χ1v) is 15.0. The number of nitrogens with zero attached hydrogens (tertiary/aromatic N) is 6. The summed E-state index contributed by atoms with van der Waals surface area (Å²) in [5.41, 5.74) is 2.37. The lowest BCUT2D eigenvalue weighted by Crippen LogP contribution is -2.49. The van der Waals surface area contributed by atoms with Gasteiger partial charge in [-0.1, -0.05) is 65.7 Å². The number of aromatic nitrogens is 4. The fourth-order valence-corrected chi connectivity index (χ4v) is 5.51. The molecule has 1 aliphatic heterocycles. The molecule has 0 radical (unpaired) electrons. The number of unbranched alkanes of at least 4 members (excludes halogenated alkanes) is 6. The average Bonchev–Trinajstić information content (AvgIpc) is 3.28. The maximum Gasteiger partial charge on any atom is 0.222 e. The minimum Gasteiger partial charge on any atom is -0.352 e. The molecule has 0 aliphatic carbocycles. The third kappa shape index (κ3) is 7.14. The molecule has 0 saturated carbocycles. The van der Waals surface area contributed by atoms with Crippen molar-refractivity contribution in [2.24, 2.45) is 0 Å². The number of benzene rings is 1. The monoisotopic (exact) mass is 536 g/mol. The van der Waals surface area contributed by atoms with Gasteiger partial charge in [0.2, 0.25) is 5.91 Å². The van der Waals surface area contributed by atoms with Crippen molar-refractivity contribution in [3.05, 3.63) is 41.6 Å². The SMILES string of the molecule is CCCCCCCCCC(=O)N1CCN(c2nc([C@H](C)CCC)nc3c2c(C)nn3-c2ccc(F)cc2)CC1. The number of hydrogen-bond acceptors (Lipinski definition) is 5. The third-order valence-corrected chi connectivity index (χ3v) is 7.86. The number of carbonyl (C=O) groups is 1. The molecule has 2 aromatic heterocycles. The van der Waals surface area contributed by atoms with Crippen LogP contribution in [-0.4, -0.2) is 56.7 Å². The first kappa shape index (κ1) is 29.0. The minimum absolute atomic E-state index is 0.208. The van der Waals surface area contributed by atoms with E-state index in [4.69, 9.17) is 15.1 Å². The van der Waals surface area contributed by atoms with Gasteiger partial charge in [-0.3, -0.25) is 4.79 Å². The van der Waals surface area contributed by atoms with E-state index in [-0.39, 0.29) is 17.6 Å². The number of carbonyl (C=O) groups excluding carboxylic acids is 1. The van der Waals surface area contributed by atoms with Crippen molar-refractivity contribution >= 4 is 22.8 Å². The summed E-state index contributed by atoms with van der Waals surface area (Å²) in [5, 5.41) is 5.73. The zero-order valence-corrected chi connectivity index (χ0v) is 24.3. The molecule has 4 rings (SSSR count). The van der Waals surface area contributed by atoms with Crippen LogP contribution in [-0.2, 0) is 4.79 Å². The van der Waals surface area contributed by atoms with E-state index < -0.39 is 0 Å². The number of hydrogen-bond donors (Lipinski definition) is 0. The number of anilines is 1. The van der Waals surface area contributed by atoms with E-state index >= 15 is 0 Å². The molecule has 0 spiro atoms. The summed E-state index contributed by atoms with van der Waals surface area (Å²) in [6.45, 7) is 11.4. The summed E-state index contributed by atoms with van der Waals surface area (Å²) in [7, 11) is 0. The van der Waals surface area contributed by atoms with Crippen LogP contribution in [0.4, 0.5) is 10.2 Å². The van der Waals surface area contributed by atoms with Crippen LogP contribution in [0.1, 0.15) is 102 Å². The Kier molecular flexibility index (Phi) is 10.3. The highest BCUT2D eigenvalue weighted by Gasteiger charge is 2.27. The maximum atomic E-state index is 13.6. The number of fused-ring (bicyclic) bond motifs is 1. The Hall–Kier alpha value is -3.03. The standard InChI is InChI=1S/C31H45FN6O/c1-5-7-8-9-10-11-12-14-27(39)36-19-21-37(22-20-36)30-28-24(4)35-38(26-17-15-25(32)16-18-26)31(28)34-29(33-30)23(3)13-6-2/h15-18,23H,5-14,19-22H2,1-4H3/t23-/m1/s1. The van der Waals surface area contributed by atoms with Crippen LogP contribution in [0.3, 0.4) is 0 Å². The normalized spacial score (nSPS) is 14.8. The van der Waals surface area contributed by atoms with Crippen molar-refractivity contribution in [3.8, 4) is 5.69 Å². The van der Waals surface area contributed by atoms with E-state index in [9.17, 15) is 9.18 Å². The van der Waals surface area contributed by atoms with Gasteiger partial charge < -0.3 is 9.80 Å². The van der Waals surface area contributed by atoms with Gasteiger partial charge >= 0.3 is 0 Å². The van der Waals surface area contributed by atoms with Crippen LogP contribution in [0.2, 0.25) is 0 Å². The van der Waals surface area contributed by atoms with Crippen molar-refractivity contribution in [2.75, 3.05) is 31.1 Å². The second kappa shape index (κ2) is 13.9. The van der Waals surface area contributed by atoms with E-state index in [0.717, 1.165) is 72.8 Å². The molecule has 212 valence electrons. The number of amides is 1. The highest BCUT2D eigenvalue weighted by molar-refractivity contribution is 5.91. The van der Waals surface area contributed by atoms with Gasteiger partial charge in [0.1, 0.15) is 17.5 Å². The first-order chi connectivity index (χ1) is 18.9. The lowest BCUT2D eigenvalue weighted by Gasteiger charge is -2.36. The number of piperazine rings is 1. The summed E-state index contributed by atoms with van der Waals surface area (Å²) < 4.78 is 15.4. The molecule has 1 atom stereocenters. The molecular weight excluding hydrogens is 491 g/mol. The van der Waals surface area contributed by atoms with Gasteiger partial charge in [-0.05, 0) is 44.0 Å². The Bertz CT molecular complexity index is 1220. The van der Waals surface area contributed by atoms with Gasteiger partial charge in [-0.25, -0.2) is 19.0 Å². The summed E-state index contributed by atoms with van der Waals surface area (Å²) >= 11 is 0. The smallest absolute Gasteiger partial charge is 0.222 e. The van der Waals surface area contributed by atoms with Gasteiger partial charge in [0.15, 0.2) is 5.65 Å². The Morgan fingerprint density at radius 3 is 2.26 bits per heavy atom. The molecule has 3 aromatic rings. The Balaban J connectivity index is 1.50. The molecule has 1 aromatic carbocycles. The van der Waals surface area contributed by atoms with Crippen molar-refractivity contribution in [1.82, 2.24) is 24.6 Å². The van der Waals surface area contributed by atoms with Crippen molar-refractivity contribution in [2.45, 2.75) is 97.8 Å². The maximum absolute atomic E-state index is 13.6. The number of aryl methyl sites for hydroxylation is 1. The molecule has 7 nitrogen and oxygen atoms in total. The van der Waals surface area contributed by atoms with Crippen molar-refractivity contribution in [3.63, 3.8) is 0 Å². The second-order valence-corrected chi connectivity index (χ2v) is 11.0. The summed E-state index contributed by atoms with van der Waals surface area (Å²) in [6, 6.07) is 6.36. The van der Waals surface area contributed by atoms with E-state index in [0.29, 0.717) is 19.5 Å². The molecule has 0 N–H and O–H groups in total.